The molecule has 0 aliphatic rings. The first-order valence-electron chi connectivity index (χ1n) is 35.8. The zero-order valence-electron chi connectivity index (χ0n) is 57.3. The van der Waals surface area contributed by atoms with Crippen molar-refractivity contribution in [3.63, 3.8) is 0 Å². The standard InChI is InChI=1S/C69H134O17P2/c1-9-61(7)47-39-31-22-16-12-14-17-24-33-41-49-66(71)79-55-64(85-68(73)51-43-35-25-18-13-11-15-21-29-37-45-59(3)4)57-83-87(75,76)81-53-63(70)54-82-88(77,78)84-58-65(56-80-67(72)50-42-34-28-27-30-38-46-60(5)6)86-69(74)52-44-36-26-20-19-23-32-40-48-62(8)10-2/h59-65,70H,9-58H2,1-8H3,(H,75,76)(H,77,78)/t61?,62?,63-,64-,65-/m1/s1. The van der Waals surface area contributed by atoms with E-state index in [-0.39, 0.29) is 25.7 Å². The quantitative estimate of drug-likeness (QED) is 0.0222. The molecule has 0 fully saturated rings. The molecule has 19 heteroatoms. The number of ether oxygens (including phenoxy) is 4. The molecular weight excluding hydrogens is 1160 g/mol. The first-order valence-corrected chi connectivity index (χ1v) is 38.8. The van der Waals surface area contributed by atoms with E-state index < -0.39 is 97.5 Å². The Balaban J connectivity index is 5.26. The SMILES string of the molecule is CCC(C)CCCCCCCCCCCCC(=O)OC[C@H](COP(=O)(O)OC[C@@H](O)COP(=O)(O)OC[C@@H](COC(=O)CCCCCCCCC(C)C)OC(=O)CCCCCCCCCCC(C)CC)OC(=O)CCCCCCCCCCCCC(C)C. The predicted octanol–water partition coefficient (Wildman–Crippen LogP) is 19.3. The van der Waals surface area contributed by atoms with Crippen LogP contribution in [0.2, 0.25) is 0 Å². The van der Waals surface area contributed by atoms with E-state index in [2.05, 4.69) is 55.4 Å². The molecule has 0 aliphatic carbocycles. The van der Waals surface area contributed by atoms with Crippen molar-refractivity contribution in [1.29, 1.82) is 0 Å². The number of esters is 4. The number of phosphoric acid groups is 2. The zero-order chi connectivity index (χ0) is 65.4. The van der Waals surface area contributed by atoms with Crippen LogP contribution in [-0.2, 0) is 65.4 Å². The fourth-order valence-corrected chi connectivity index (χ4v) is 11.8. The van der Waals surface area contributed by atoms with Gasteiger partial charge in [0.05, 0.1) is 26.4 Å². The van der Waals surface area contributed by atoms with Gasteiger partial charge in [-0.25, -0.2) is 9.13 Å². The number of hydrogen-bond donors (Lipinski definition) is 3. The number of phosphoric ester groups is 2. The summed E-state index contributed by atoms with van der Waals surface area (Å²) in [5.74, 6) is 0.877. The van der Waals surface area contributed by atoms with Crippen LogP contribution in [0.1, 0.15) is 338 Å². The first kappa shape index (κ1) is 86.1. The van der Waals surface area contributed by atoms with E-state index in [1.165, 1.54) is 135 Å². The highest BCUT2D eigenvalue weighted by Gasteiger charge is 2.30. The van der Waals surface area contributed by atoms with Crippen molar-refractivity contribution < 1.29 is 80.2 Å². The molecule has 0 aromatic carbocycles. The highest BCUT2D eigenvalue weighted by Crippen LogP contribution is 2.45. The molecule has 17 nitrogen and oxygen atoms in total. The average molecular weight is 1300 g/mol. The van der Waals surface area contributed by atoms with Crippen molar-refractivity contribution in [2.45, 2.75) is 356 Å². The van der Waals surface area contributed by atoms with Crippen molar-refractivity contribution in [1.82, 2.24) is 0 Å². The van der Waals surface area contributed by atoms with Gasteiger partial charge in [-0.3, -0.25) is 37.3 Å². The Morgan fingerprint density at radius 3 is 0.807 bits per heavy atom. The van der Waals surface area contributed by atoms with E-state index in [0.29, 0.717) is 31.6 Å². The van der Waals surface area contributed by atoms with Crippen molar-refractivity contribution in [2.75, 3.05) is 39.6 Å². The summed E-state index contributed by atoms with van der Waals surface area (Å²) in [6.07, 6.45) is 40.3. The summed E-state index contributed by atoms with van der Waals surface area (Å²) in [5, 5.41) is 10.6. The van der Waals surface area contributed by atoms with Crippen LogP contribution in [0.25, 0.3) is 0 Å². The topological polar surface area (TPSA) is 237 Å². The summed E-state index contributed by atoms with van der Waals surface area (Å²) in [6, 6.07) is 0. The van der Waals surface area contributed by atoms with Gasteiger partial charge in [0.15, 0.2) is 12.2 Å². The van der Waals surface area contributed by atoms with Gasteiger partial charge in [-0.2, -0.15) is 0 Å². The van der Waals surface area contributed by atoms with E-state index in [4.69, 9.17) is 37.0 Å². The summed E-state index contributed by atoms with van der Waals surface area (Å²) in [6.45, 7) is 14.1. The second kappa shape index (κ2) is 58.8. The van der Waals surface area contributed by atoms with Gasteiger partial charge in [0.1, 0.15) is 19.3 Å². The molecule has 0 amide bonds. The second-order valence-electron chi connectivity index (χ2n) is 26.4. The number of unbranched alkanes of at least 4 members (excludes halogenated alkanes) is 30. The minimum Gasteiger partial charge on any atom is -0.462 e. The molecule has 0 saturated carbocycles. The van der Waals surface area contributed by atoms with Crippen LogP contribution in [0.5, 0.6) is 0 Å². The molecule has 88 heavy (non-hydrogen) atoms. The molecule has 522 valence electrons. The summed E-state index contributed by atoms with van der Waals surface area (Å²) >= 11 is 0. The summed E-state index contributed by atoms with van der Waals surface area (Å²) in [7, 11) is -9.90. The van der Waals surface area contributed by atoms with Crippen LogP contribution in [0.3, 0.4) is 0 Å². The Kier molecular flexibility index (Phi) is 57.6. The lowest BCUT2D eigenvalue weighted by molar-refractivity contribution is -0.161. The summed E-state index contributed by atoms with van der Waals surface area (Å²) in [4.78, 5) is 72.5. The number of aliphatic hydroxyl groups excluding tert-OH is 1. The monoisotopic (exact) mass is 1300 g/mol. The molecule has 0 radical (unpaired) electrons. The number of aliphatic hydroxyl groups is 1. The molecule has 0 aliphatic heterocycles. The van der Waals surface area contributed by atoms with Gasteiger partial charge in [-0.15, -0.1) is 0 Å². The Bertz CT molecular complexity index is 1750. The molecule has 0 heterocycles. The fraction of sp³-hybridized carbons (Fsp3) is 0.942. The Morgan fingerprint density at radius 1 is 0.318 bits per heavy atom. The lowest BCUT2D eigenvalue weighted by atomic mass is 9.99. The molecule has 3 N–H and O–H groups in total. The van der Waals surface area contributed by atoms with E-state index in [9.17, 15) is 43.2 Å². The maximum atomic E-state index is 13.0. The van der Waals surface area contributed by atoms with E-state index >= 15 is 0 Å². The van der Waals surface area contributed by atoms with Crippen LogP contribution in [0.4, 0.5) is 0 Å². The molecular formula is C69H134O17P2. The third-order valence-electron chi connectivity index (χ3n) is 16.5. The lowest BCUT2D eigenvalue weighted by Gasteiger charge is -2.21. The highest BCUT2D eigenvalue weighted by atomic mass is 31.2. The molecule has 0 aromatic rings. The maximum Gasteiger partial charge on any atom is 0.472 e. The summed E-state index contributed by atoms with van der Waals surface area (Å²) in [5.41, 5.74) is 0. The first-order chi connectivity index (χ1) is 42.2. The minimum atomic E-state index is -4.95. The molecule has 0 bridgehead atoms. The number of carbonyl (C=O) groups is 4. The van der Waals surface area contributed by atoms with Crippen LogP contribution < -0.4 is 0 Å². The molecule has 0 saturated heterocycles. The average Bonchev–Trinajstić information content (AvgIpc) is 3.63. The third kappa shape index (κ3) is 60.3. The Labute approximate surface area is 537 Å². The molecule has 7 atom stereocenters. The van der Waals surface area contributed by atoms with Gasteiger partial charge < -0.3 is 33.8 Å². The minimum absolute atomic E-state index is 0.103. The van der Waals surface area contributed by atoms with E-state index in [0.717, 1.165) is 114 Å². The normalized spacial score (nSPS) is 14.9. The van der Waals surface area contributed by atoms with Gasteiger partial charge >= 0.3 is 39.5 Å². The zero-order valence-corrected chi connectivity index (χ0v) is 59.1. The largest absolute Gasteiger partial charge is 0.472 e. The van der Waals surface area contributed by atoms with Crippen molar-refractivity contribution in [2.24, 2.45) is 23.7 Å². The summed E-state index contributed by atoms with van der Waals surface area (Å²) < 4.78 is 68.2. The van der Waals surface area contributed by atoms with Crippen LogP contribution >= 0.6 is 15.6 Å². The van der Waals surface area contributed by atoms with E-state index in [1.807, 2.05) is 0 Å². The van der Waals surface area contributed by atoms with Crippen molar-refractivity contribution >= 4 is 39.5 Å². The van der Waals surface area contributed by atoms with Crippen LogP contribution in [0, 0.1) is 23.7 Å². The maximum absolute atomic E-state index is 13.0. The third-order valence-corrected chi connectivity index (χ3v) is 18.4. The highest BCUT2D eigenvalue weighted by molar-refractivity contribution is 7.47. The van der Waals surface area contributed by atoms with Crippen LogP contribution in [-0.4, -0.2) is 96.7 Å². The molecule has 0 spiro atoms. The number of carbonyl (C=O) groups excluding carboxylic acids is 4. The Morgan fingerprint density at radius 2 is 0.545 bits per heavy atom. The predicted molar refractivity (Wildman–Crippen MR) is 354 cm³/mol. The van der Waals surface area contributed by atoms with Gasteiger partial charge in [-0.1, -0.05) is 287 Å². The van der Waals surface area contributed by atoms with Gasteiger partial charge in [0.2, 0.25) is 0 Å². The fourth-order valence-electron chi connectivity index (χ4n) is 10.2. The molecule has 0 rings (SSSR count). The van der Waals surface area contributed by atoms with E-state index in [1.54, 1.807) is 0 Å². The second-order valence-corrected chi connectivity index (χ2v) is 29.3. The van der Waals surface area contributed by atoms with Gasteiger partial charge in [0.25, 0.3) is 0 Å². The number of hydrogen-bond acceptors (Lipinski definition) is 15. The van der Waals surface area contributed by atoms with Gasteiger partial charge in [0, 0.05) is 25.7 Å². The Hall–Kier alpha value is -1.94. The number of rotatable bonds is 66. The van der Waals surface area contributed by atoms with Gasteiger partial charge in [-0.05, 0) is 49.4 Å². The molecule has 4 unspecified atom stereocenters. The lowest BCUT2D eigenvalue weighted by Crippen LogP contribution is -2.30. The van der Waals surface area contributed by atoms with Crippen LogP contribution in [0.15, 0.2) is 0 Å². The smallest absolute Gasteiger partial charge is 0.462 e. The van der Waals surface area contributed by atoms with Crippen molar-refractivity contribution in [3.8, 4) is 0 Å². The van der Waals surface area contributed by atoms with Crippen molar-refractivity contribution in [3.05, 3.63) is 0 Å². The molecule has 0 aromatic heterocycles.